The van der Waals surface area contributed by atoms with Crippen LogP contribution in [0.3, 0.4) is 0 Å². The number of nitrogens with zero attached hydrogens (tertiary/aromatic N) is 1. The van der Waals surface area contributed by atoms with Gasteiger partial charge in [0.25, 0.3) is 0 Å². The fourth-order valence-electron chi connectivity index (χ4n) is 5.29. The maximum absolute atomic E-state index is 11.0. The summed E-state index contributed by atoms with van der Waals surface area (Å²) < 4.78 is 24.1. The highest BCUT2D eigenvalue weighted by atomic mass is 35.5. The van der Waals surface area contributed by atoms with Crippen molar-refractivity contribution in [3.63, 3.8) is 0 Å². The molecule has 2 aromatic carbocycles. The lowest BCUT2D eigenvalue weighted by molar-refractivity contribution is -0.273. The molecule has 0 radical (unpaired) electrons. The number of rotatable bonds is 4. The van der Waals surface area contributed by atoms with Crippen molar-refractivity contribution in [2.24, 2.45) is 0 Å². The summed E-state index contributed by atoms with van der Waals surface area (Å²) >= 11 is 6.50. The Hall–Kier alpha value is -1.75. The Balaban J connectivity index is 1.31. The number of aromatic hydroxyl groups is 1. The van der Waals surface area contributed by atoms with Crippen molar-refractivity contribution in [2.75, 3.05) is 52.7 Å². The Kier molecular flexibility index (Phi) is 8.14. The number of halogens is 1. The normalized spacial score (nSPS) is 32.2. The molecule has 9 heteroatoms. The van der Waals surface area contributed by atoms with E-state index in [0.717, 1.165) is 29.8 Å². The summed E-state index contributed by atoms with van der Waals surface area (Å²) in [5, 5.41) is 32.0. The Labute approximate surface area is 216 Å². The second-order valence-corrected chi connectivity index (χ2v) is 10.4. The molecular weight excluding hydrogens is 486 g/mol. The Morgan fingerprint density at radius 3 is 2.33 bits per heavy atom. The van der Waals surface area contributed by atoms with Gasteiger partial charge in [-0.05, 0) is 41.3 Å². The van der Waals surface area contributed by atoms with E-state index < -0.39 is 23.9 Å². The summed E-state index contributed by atoms with van der Waals surface area (Å²) in [5.74, 6) is 0.215. The minimum absolute atomic E-state index is 0.117. The van der Waals surface area contributed by atoms with Gasteiger partial charge in [-0.2, -0.15) is 0 Å². The number of ether oxygens (including phenoxy) is 4. The summed E-state index contributed by atoms with van der Waals surface area (Å²) in [6.45, 7) is 4.23. The zero-order valence-electron chi connectivity index (χ0n) is 20.2. The average Bonchev–Trinajstić information content (AvgIpc) is 2.87. The quantitative estimate of drug-likeness (QED) is 0.566. The molecule has 3 N–H and O–H groups in total. The van der Waals surface area contributed by atoms with Gasteiger partial charge < -0.3 is 34.3 Å². The van der Waals surface area contributed by atoms with Crippen LogP contribution in [0.4, 0.5) is 0 Å². The van der Waals surface area contributed by atoms with Crippen molar-refractivity contribution in [2.45, 2.75) is 42.8 Å². The second kappa shape index (κ2) is 11.3. The lowest BCUT2D eigenvalue weighted by atomic mass is 9.85. The third kappa shape index (κ3) is 5.71. The number of aliphatic hydroxyl groups is 2. The van der Waals surface area contributed by atoms with E-state index in [1.807, 2.05) is 30.3 Å². The monoisotopic (exact) mass is 519 g/mol. The highest BCUT2D eigenvalue weighted by Crippen LogP contribution is 2.40. The van der Waals surface area contributed by atoms with Crippen molar-refractivity contribution in [1.29, 1.82) is 0 Å². The van der Waals surface area contributed by atoms with Crippen LogP contribution >= 0.6 is 11.6 Å². The lowest BCUT2D eigenvalue weighted by Crippen LogP contribution is -2.62. The van der Waals surface area contributed by atoms with Crippen molar-refractivity contribution in [1.82, 2.24) is 4.90 Å². The summed E-state index contributed by atoms with van der Waals surface area (Å²) in [6.07, 6.45) is -1.73. The first-order chi connectivity index (χ1) is 17.4. The van der Waals surface area contributed by atoms with Crippen LogP contribution in [-0.2, 0) is 25.4 Å². The Bertz CT molecular complexity index is 1000. The molecule has 0 saturated carbocycles. The van der Waals surface area contributed by atoms with Crippen molar-refractivity contribution >= 4 is 11.6 Å². The molecule has 3 aliphatic rings. The SMILES string of the molecule is Oc1ccc(Cc2cc(C3CC(O)[C@H](O)C4(COCC(N5CCOCC5)COC4)O3)ccc2Cl)cc1. The number of hydrogen-bond acceptors (Lipinski definition) is 8. The summed E-state index contributed by atoms with van der Waals surface area (Å²) in [6, 6.07) is 12.8. The topological polar surface area (TPSA) is 101 Å². The lowest BCUT2D eigenvalue weighted by Gasteiger charge is -2.48. The van der Waals surface area contributed by atoms with Crippen molar-refractivity contribution in [3.8, 4) is 5.75 Å². The van der Waals surface area contributed by atoms with E-state index >= 15 is 0 Å². The molecule has 36 heavy (non-hydrogen) atoms. The van der Waals surface area contributed by atoms with E-state index in [0.29, 0.717) is 37.9 Å². The third-order valence-electron chi connectivity index (χ3n) is 7.38. The molecule has 3 atom stereocenters. The standard InChI is InChI=1S/C27H34ClNO7/c28-23-6-3-19(12-20(23)11-18-1-4-22(30)5-2-18)25-13-24(31)26(32)27(36-25)16-34-14-21(15-35-17-27)29-7-9-33-10-8-29/h1-6,12,21,24-26,30-32H,7-11,13-17H2/t21?,24?,25?,26-,27?/m0/s1. The molecule has 1 spiro atoms. The number of benzene rings is 2. The zero-order chi connectivity index (χ0) is 25.1. The van der Waals surface area contributed by atoms with Gasteiger partial charge in [-0.15, -0.1) is 0 Å². The van der Waals surface area contributed by atoms with Crippen molar-refractivity contribution in [3.05, 3.63) is 64.2 Å². The Morgan fingerprint density at radius 1 is 0.944 bits per heavy atom. The predicted molar refractivity (Wildman–Crippen MR) is 133 cm³/mol. The number of hydrogen-bond donors (Lipinski definition) is 3. The number of aliphatic hydroxyl groups excluding tert-OH is 2. The van der Waals surface area contributed by atoms with Crippen LogP contribution in [-0.4, -0.2) is 96.8 Å². The number of phenols is 1. The highest BCUT2D eigenvalue weighted by molar-refractivity contribution is 6.31. The molecule has 3 saturated heterocycles. The van der Waals surface area contributed by atoms with Crippen LogP contribution in [0.25, 0.3) is 0 Å². The first-order valence-electron chi connectivity index (χ1n) is 12.5. The summed E-state index contributed by atoms with van der Waals surface area (Å²) in [5.41, 5.74) is 1.62. The van der Waals surface area contributed by atoms with E-state index in [2.05, 4.69) is 4.90 Å². The van der Waals surface area contributed by atoms with Gasteiger partial charge in [0.2, 0.25) is 0 Å². The van der Waals surface area contributed by atoms with Crippen LogP contribution in [0, 0.1) is 0 Å². The van der Waals surface area contributed by atoms with Gasteiger partial charge in [0.05, 0.1) is 57.9 Å². The van der Waals surface area contributed by atoms with Gasteiger partial charge in [-0.3, -0.25) is 4.90 Å². The van der Waals surface area contributed by atoms with Gasteiger partial charge in [0.1, 0.15) is 17.5 Å². The Morgan fingerprint density at radius 2 is 1.64 bits per heavy atom. The van der Waals surface area contributed by atoms with Crippen molar-refractivity contribution < 1.29 is 34.3 Å². The van der Waals surface area contributed by atoms with E-state index in [9.17, 15) is 15.3 Å². The minimum Gasteiger partial charge on any atom is -0.508 e. The molecule has 0 bridgehead atoms. The summed E-state index contributed by atoms with van der Waals surface area (Å²) in [7, 11) is 0. The van der Waals surface area contributed by atoms with Crippen LogP contribution in [0.2, 0.25) is 5.02 Å². The second-order valence-electron chi connectivity index (χ2n) is 9.95. The van der Waals surface area contributed by atoms with E-state index in [1.54, 1.807) is 12.1 Å². The predicted octanol–water partition coefficient (Wildman–Crippen LogP) is 2.31. The molecule has 3 aliphatic heterocycles. The maximum atomic E-state index is 11.0. The molecule has 3 fully saturated rings. The minimum atomic E-state index is -1.17. The molecule has 0 amide bonds. The number of morpholine rings is 1. The van der Waals surface area contributed by atoms with Crippen LogP contribution in [0.5, 0.6) is 5.75 Å². The molecule has 196 valence electrons. The van der Waals surface area contributed by atoms with Gasteiger partial charge in [-0.25, -0.2) is 0 Å². The first kappa shape index (κ1) is 25.9. The molecule has 8 nitrogen and oxygen atoms in total. The highest BCUT2D eigenvalue weighted by Gasteiger charge is 2.51. The molecule has 5 rings (SSSR count). The molecule has 2 unspecified atom stereocenters. The first-order valence-corrected chi connectivity index (χ1v) is 12.9. The van der Waals surface area contributed by atoms with E-state index in [4.69, 9.17) is 30.5 Å². The van der Waals surface area contributed by atoms with Gasteiger partial charge in [0.15, 0.2) is 0 Å². The van der Waals surface area contributed by atoms with Crippen LogP contribution < -0.4 is 0 Å². The zero-order valence-corrected chi connectivity index (χ0v) is 21.0. The number of phenolic OH excluding ortho intramolecular Hbond substituents is 1. The van der Waals surface area contributed by atoms with Gasteiger partial charge in [0, 0.05) is 24.5 Å². The summed E-state index contributed by atoms with van der Waals surface area (Å²) in [4.78, 5) is 2.31. The maximum Gasteiger partial charge on any atom is 0.144 e. The van der Waals surface area contributed by atoms with Crippen LogP contribution in [0.15, 0.2) is 42.5 Å². The molecule has 0 aliphatic carbocycles. The third-order valence-corrected chi connectivity index (χ3v) is 7.75. The van der Waals surface area contributed by atoms with E-state index in [-0.39, 0.29) is 31.4 Å². The van der Waals surface area contributed by atoms with Gasteiger partial charge >= 0.3 is 0 Å². The fraction of sp³-hybridized carbons (Fsp3) is 0.556. The fourth-order valence-corrected chi connectivity index (χ4v) is 5.47. The smallest absolute Gasteiger partial charge is 0.144 e. The van der Waals surface area contributed by atoms with E-state index in [1.165, 1.54) is 0 Å². The molecule has 0 aromatic heterocycles. The largest absolute Gasteiger partial charge is 0.508 e. The molecule has 2 aromatic rings. The average molecular weight is 520 g/mol. The van der Waals surface area contributed by atoms with Gasteiger partial charge in [-0.1, -0.05) is 35.9 Å². The molecular formula is C27H34ClNO7. The molecule has 3 heterocycles. The van der Waals surface area contributed by atoms with Crippen LogP contribution in [0.1, 0.15) is 29.2 Å².